The van der Waals surface area contributed by atoms with Crippen LogP contribution in [0.3, 0.4) is 0 Å². The highest BCUT2D eigenvalue weighted by Crippen LogP contribution is 2.30. The van der Waals surface area contributed by atoms with Crippen LogP contribution in [0.25, 0.3) is 0 Å². The van der Waals surface area contributed by atoms with Gasteiger partial charge in [0.1, 0.15) is 21.7 Å². The summed E-state index contributed by atoms with van der Waals surface area (Å²) in [7, 11) is 1.85. The maximum Gasteiger partial charge on any atom is 0.132 e. The number of aryl methyl sites for hydroxylation is 1. The molecule has 0 amide bonds. The SMILES string of the molecule is CCCc1nc(NC)cc(Sc2ncccc2Cl)n1. The third-order valence-electron chi connectivity index (χ3n) is 2.40. The minimum Gasteiger partial charge on any atom is -0.373 e. The van der Waals surface area contributed by atoms with Crippen molar-refractivity contribution in [2.24, 2.45) is 0 Å². The Bertz CT molecular complexity index is 562. The molecular weight excluding hydrogens is 280 g/mol. The molecule has 2 aromatic heterocycles. The lowest BCUT2D eigenvalue weighted by Crippen LogP contribution is -2.01. The Morgan fingerprint density at radius 2 is 2.21 bits per heavy atom. The van der Waals surface area contributed by atoms with Gasteiger partial charge in [-0.3, -0.25) is 0 Å². The van der Waals surface area contributed by atoms with Crippen molar-refractivity contribution in [3.05, 3.63) is 35.2 Å². The molecule has 0 saturated carbocycles. The quantitative estimate of drug-likeness (QED) is 0.853. The first-order valence-electron chi connectivity index (χ1n) is 6.07. The predicted molar refractivity (Wildman–Crippen MR) is 78.9 cm³/mol. The molecule has 0 saturated heterocycles. The Labute approximate surface area is 122 Å². The van der Waals surface area contributed by atoms with Gasteiger partial charge in [-0.1, -0.05) is 18.5 Å². The maximum atomic E-state index is 6.11. The predicted octanol–water partition coefficient (Wildman–Crippen LogP) is 3.67. The molecule has 100 valence electrons. The number of hydrogen-bond acceptors (Lipinski definition) is 5. The van der Waals surface area contributed by atoms with Gasteiger partial charge in [0.15, 0.2) is 0 Å². The average molecular weight is 295 g/mol. The molecule has 0 aromatic carbocycles. The fourth-order valence-electron chi connectivity index (χ4n) is 1.53. The van der Waals surface area contributed by atoms with Crippen LogP contribution in [0.2, 0.25) is 5.02 Å². The standard InChI is InChI=1S/C13H15ClN4S/c1-3-5-10-17-11(15-2)8-12(18-10)19-13-9(14)6-4-7-16-13/h4,6-8H,3,5H2,1-2H3,(H,15,17,18). The van der Waals surface area contributed by atoms with Crippen molar-refractivity contribution in [3.8, 4) is 0 Å². The van der Waals surface area contributed by atoms with Crippen LogP contribution in [-0.2, 0) is 6.42 Å². The fourth-order valence-corrected chi connectivity index (χ4v) is 2.57. The second-order valence-corrected chi connectivity index (χ2v) is 5.32. The zero-order chi connectivity index (χ0) is 13.7. The van der Waals surface area contributed by atoms with E-state index in [-0.39, 0.29) is 0 Å². The molecule has 4 nitrogen and oxygen atoms in total. The number of anilines is 1. The molecule has 0 radical (unpaired) electrons. The van der Waals surface area contributed by atoms with E-state index in [0.717, 1.165) is 34.5 Å². The number of aromatic nitrogens is 3. The van der Waals surface area contributed by atoms with Crippen molar-refractivity contribution >= 4 is 29.2 Å². The van der Waals surface area contributed by atoms with Gasteiger partial charge in [0.25, 0.3) is 0 Å². The molecule has 0 spiro atoms. The van der Waals surface area contributed by atoms with Gasteiger partial charge < -0.3 is 5.32 Å². The zero-order valence-corrected chi connectivity index (χ0v) is 12.4. The van der Waals surface area contributed by atoms with E-state index in [0.29, 0.717) is 5.02 Å². The van der Waals surface area contributed by atoms with Gasteiger partial charge in [-0.25, -0.2) is 15.0 Å². The van der Waals surface area contributed by atoms with E-state index >= 15 is 0 Å². The maximum absolute atomic E-state index is 6.11. The molecular formula is C13H15ClN4S. The van der Waals surface area contributed by atoms with Crippen LogP contribution < -0.4 is 5.32 Å². The Morgan fingerprint density at radius 1 is 1.37 bits per heavy atom. The molecule has 2 rings (SSSR count). The van der Waals surface area contributed by atoms with Crippen LogP contribution in [-0.4, -0.2) is 22.0 Å². The van der Waals surface area contributed by atoms with Gasteiger partial charge in [-0.2, -0.15) is 0 Å². The molecule has 6 heteroatoms. The highest BCUT2D eigenvalue weighted by atomic mass is 35.5. The second-order valence-electron chi connectivity index (χ2n) is 3.90. The smallest absolute Gasteiger partial charge is 0.132 e. The molecule has 0 unspecified atom stereocenters. The van der Waals surface area contributed by atoms with Crippen LogP contribution in [0.4, 0.5) is 5.82 Å². The van der Waals surface area contributed by atoms with Gasteiger partial charge in [-0.15, -0.1) is 0 Å². The minimum atomic E-state index is 0.633. The lowest BCUT2D eigenvalue weighted by Gasteiger charge is -2.07. The number of nitrogens with one attached hydrogen (secondary N) is 1. The monoisotopic (exact) mass is 294 g/mol. The first kappa shape index (κ1) is 14.1. The molecule has 0 aliphatic carbocycles. The molecule has 0 bridgehead atoms. The lowest BCUT2D eigenvalue weighted by molar-refractivity contribution is 0.811. The Hall–Kier alpha value is -1.33. The van der Waals surface area contributed by atoms with Crippen LogP contribution in [0.5, 0.6) is 0 Å². The molecule has 1 N–H and O–H groups in total. The number of halogens is 1. The third-order valence-corrected chi connectivity index (χ3v) is 3.76. The van der Waals surface area contributed by atoms with Crippen molar-refractivity contribution in [3.63, 3.8) is 0 Å². The third kappa shape index (κ3) is 3.81. The van der Waals surface area contributed by atoms with Crippen LogP contribution >= 0.6 is 23.4 Å². The van der Waals surface area contributed by atoms with E-state index in [2.05, 4.69) is 27.2 Å². The lowest BCUT2D eigenvalue weighted by atomic mass is 10.3. The second kappa shape index (κ2) is 6.73. The molecule has 19 heavy (non-hydrogen) atoms. The van der Waals surface area contributed by atoms with Gasteiger partial charge in [0, 0.05) is 25.7 Å². The molecule has 0 aliphatic heterocycles. The topological polar surface area (TPSA) is 50.7 Å². The van der Waals surface area contributed by atoms with Gasteiger partial charge in [0.05, 0.1) is 5.02 Å². The van der Waals surface area contributed by atoms with Crippen molar-refractivity contribution in [1.29, 1.82) is 0 Å². The normalized spacial score (nSPS) is 10.5. The Morgan fingerprint density at radius 3 is 2.89 bits per heavy atom. The van der Waals surface area contributed by atoms with Gasteiger partial charge in [0.2, 0.25) is 0 Å². The summed E-state index contributed by atoms with van der Waals surface area (Å²) < 4.78 is 0. The van der Waals surface area contributed by atoms with E-state index in [1.54, 1.807) is 6.20 Å². The van der Waals surface area contributed by atoms with E-state index in [1.165, 1.54) is 11.8 Å². The summed E-state index contributed by atoms with van der Waals surface area (Å²) in [4.78, 5) is 13.2. The van der Waals surface area contributed by atoms with E-state index < -0.39 is 0 Å². The van der Waals surface area contributed by atoms with Gasteiger partial charge in [-0.05, 0) is 30.3 Å². The van der Waals surface area contributed by atoms with Crippen LogP contribution in [0.15, 0.2) is 34.4 Å². The summed E-state index contributed by atoms with van der Waals surface area (Å²) in [5, 5.41) is 5.29. The first-order chi connectivity index (χ1) is 9.22. The van der Waals surface area contributed by atoms with E-state index in [9.17, 15) is 0 Å². The largest absolute Gasteiger partial charge is 0.373 e. The molecule has 0 atom stereocenters. The average Bonchev–Trinajstić information content (AvgIpc) is 2.41. The summed E-state index contributed by atoms with van der Waals surface area (Å²) in [5.41, 5.74) is 0. The van der Waals surface area contributed by atoms with Gasteiger partial charge >= 0.3 is 0 Å². The summed E-state index contributed by atoms with van der Waals surface area (Å²) >= 11 is 7.56. The molecule has 0 aliphatic rings. The Balaban J connectivity index is 2.29. The molecule has 2 heterocycles. The van der Waals surface area contributed by atoms with Crippen molar-refractivity contribution in [2.45, 2.75) is 29.8 Å². The fraction of sp³-hybridized carbons (Fsp3) is 0.308. The minimum absolute atomic E-state index is 0.633. The summed E-state index contributed by atoms with van der Waals surface area (Å²) in [6.45, 7) is 2.11. The van der Waals surface area contributed by atoms with Crippen molar-refractivity contribution in [2.75, 3.05) is 12.4 Å². The molecule has 2 aromatic rings. The van der Waals surface area contributed by atoms with E-state index in [1.807, 2.05) is 25.2 Å². The first-order valence-corrected chi connectivity index (χ1v) is 7.26. The van der Waals surface area contributed by atoms with E-state index in [4.69, 9.17) is 11.6 Å². The number of pyridine rings is 1. The summed E-state index contributed by atoms with van der Waals surface area (Å²) in [6, 6.07) is 5.53. The van der Waals surface area contributed by atoms with Crippen LogP contribution in [0.1, 0.15) is 19.2 Å². The zero-order valence-electron chi connectivity index (χ0n) is 10.9. The van der Waals surface area contributed by atoms with Crippen molar-refractivity contribution < 1.29 is 0 Å². The van der Waals surface area contributed by atoms with Crippen molar-refractivity contribution in [1.82, 2.24) is 15.0 Å². The number of hydrogen-bond donors (Lipinski definition) is 1. The van der Waals surface area contributed by atoms with Crippen LogP contribution in [0, 0.1) is 0 Å². The Kier molecular flexibility index (Phi) is 4.99. The number of nitrogens with zero attached hydrogens (tertiary/aromatic N) is 3. The summed E-state index contributed by atoms with van der Waals surface area (Å²) in [5.74, 6) is 1.65. The highest BCUT2D eigenvalue weighted by Gasteiger charge is 2.08. The summed E-state index contributed by atoms with van der Waals surface area (Å²) in [6.07, 6.45) is 3.60. The molecule has 0 fully saturated rings. The number of rotatable bonds is 5. The highest BCUT2D eigenvalue weighted by molar-refractivity contribution is 7.99.